The van der Waals surface area contributed by atoms with Gasteiger partial charge in [-0.25, -0.2) is 0 Å². The van der Waals surface area contributed by atoms with Crippen LogP contribution in [0.25, 0.3) is 10.1 Å². The molecular weight excluding hydrogens is 400 g/mol. The number of likely N-dealkylation sites (N-methyl/N-ethyl adjacent to an activating group) is 1. The fourth-order valence-corrected chi connectivity index (χ4v) is 6.30. The third-order valence-electron chi connectivity index (χ3n) is 6.84. The van der Waals surface area contributed by atoms with Crippen LogP contribution >= 0.6 is 23.7 Å². The molecule has 5 heteroatoms. The molecule has 1 saturated heterocycles. The van der Waals surface area contributed by atoms with Gasteiger partial charge in [0, 0.05) is 23.8 Å². The first kappa shape index (κ1) is 22.6. The smallest absolute Gasteiger partial charge is 0.227 e. The second-order valence-corrected chi connectivity index (χ2v) is 9.56. The van der Waals surface area contributed by atoms with Crippen molar-refractivity contribution >= 4 is 39.7 Å². The van der Waals surface area contributed by atoms with Gasteiger partial charge >= 0.3 is 0 Å². The molecule has 1 amide bonds. The van der Waals surface area contributed by atoms with Gasteiger partial charge in [0.15, 0.2) is 0 Å². The molecule has 0 N–H and O–H groups in total. The number of likely N-dealkylation sites (tertiary alicyclic amines) is 1. The molecule has 4 rings (SSSR count). The van der Waals surface area contributed by atoms with E-state index in [4.69, 9.17) is 0 Å². The number of thiophene rings is 1. The lowest BCUT2D eigenvalue weighted by atomic mass is 9.88. The second kappa shape index (κ2) is 10.3. The summed E-state index contributed by atoms with van der Waals surface area (Å²) in [7, 11) is 2.05. The highest BCUT2D eigenvalue weighted by Crippen LogP contribution is 2.32. The molecule has 0 spiro atoms. The van der Waals surface area contributed by atoms with E-state index in [9.17, 15) is 4.79 Å². The third-order valence-corrected chi connectivity index (χ3v) is 7.83. The molecule has 2 fully saturated rings. The molecule has 1 aromatic heterocycles. The lowest BCUT2D eigenvalue weighted by Crippen LogP contribution is -2.53. The number of hydrogen-bond acceptors (Lipinski definition) is 3. The highest BCUT2D eigenvalue weighted by molar-refractivity contribution is 7.17. The number of aryl methyl sites for hydroxylation is 1. The van der Waals surface area contributed by atoms with Gasteiger partial charge in [-0.15, -0.1) is 23.7 Å². The Labute approximate surface area is 185 Å². The lowest BCUT2D eigenvalue weighted by molar-refractivity contribution is -0.133. The van der Waals surface area contributed by atoms with E-state index in [0.29, 0.717) is 18.5 Å². The zero-order valence-corrected chi connectivity index (χ0v) is 19.5. The summed E-state index contributed by atoms with van der Waals surface area (Å²) in [6.07, 6.45) is 10.4. The van der Waals surface area contributed by atoms with Gasteiger partial charge in [-0.2, -0.15) is 0 Å². The number of rotatable bonds is 6. The molecule has 0 unspecified atom stereocenters. The maximum absolute atomic E-state index is 13.3. The number of benzene rings is 1. The molecular formula is C24H35ClN2OS. The predicted molar refractivity (Wildman–Crippen MR) is 126 cm³/mol. The summed E-state index contributed by atoms with van der Waals surface area (Å²) in [4.78, 5) is 18.0. The van der Waals surface area contributed by atoms with Gasteiger partial charge in [-0.3, -0.25) is 9.69 Å². The Morgan fingerprint density at radius 3 is 2.59 bits per heavy atom. The third kappa shape index (κ3) is 4.81. The van der Waals surface area contributed by atoms with Crippen LogP contribution in [0.4, 0.5) is 0 Å². The summed E-state index contributed by atoms with van der Waals surface area (Å²) in [5, 5.41) is 3.46. The van der Waals surface area contributed by atoms with Crippen LogP contribution in [-0.2, 0) is 17.6 Å². The summed E-state index contributed by atoms with van der Waals surface area (Å²) in [6.45, 7) is 4.67. The zero-order valence-electron chi connectivity index (χ0n) is 17.9. The summed E-state index contributed by atoms with van der Waals surface area (Å²) in [5.41, 5.74) is 2.62. The first-order chi connectivity index (χ1) is 13.7. The maximum Gasteiger partial charge on any atom is 0.227 e. The van der Waals surface area contributed by atoms with Crippen LogP contribution < -0.4 is 0 Å². The fraction of sp³-hybridized carbons (Fsp3) is 0.625. The molecule has 1 aliphatic carbocycles. The SMILES string of the molecule is CCCc1ccc(CC(=O)N(C)[C@@H]2CCCC[C@H]2N2CCCC2)c2ccsc12.Cl. The fourth-order valence-electron chi connectivity index (χ4n) is 5.31. The van der Waals surface area contributed by atoms with E-state index in [1.165, 1.54) is 66.4 Å². The standard InChI is InChI=1S/C24H34N2OS.ClH/c1-3-8-18-11-12-19(20-13-16-28-24(18)20)17-23(27)25(2)21-9-4-5-10-22(21)26-14-6-7-15-26;/h11-13,16,21-22H,3-10,14-15,17H2,1-2H3;1H/t21-,22-;/m1./s1. The molecule has 160 valence electrons. The zero-order chi connectivity index (χ0) is 19.5. The predicted octanol–water partition coefficient (Wildman–Crippen LogP) is 5.68. The van der Waals surface area contributed by atoms with Gasteiger partial charge in [-0.1, -0.05) is 38.3 Å². The van der Waals surface area contributed by atoms with Crippen LogP contribution in [0.1, 0.15) is 63.0 Å². The maximum atomic E-state index is 13.3. The monoisotopic (exact) mass is 434 g/mol. The summed E-state index contributed by atoms with van der Waals surface area (Å²) in [5.74, 6) is 0.284. The molecule has 0 bridgehead atoms. The number of carbonyl (C=O) groups is 1. The Balaban J connectivity index is 0.00000240. The molecule has 29 heavy (non-hydrogen) atoms. The van der Waals surface area contributed by atoms with E-state index >= 15 is 0 Å². The van der Waals surface area contributed by atoms with Crippen LogP contribution in [0.15, 0.2) is 23.6 Å². The molecule has 2 aliphatic rings. The van der Waals surface area contributed by atoms with Gasteiger partial charge in [0.05, 0.1) is 6.42 Å². The van der Waals surface area contributed by atoms with Gasteiger partial charge in [-0.05, 0) is 73.2 Å². The van der Waals surface area contributed by atoms with Crippen LogP contribution in [0.3, 0.4) is 0 Å². The number of fused-ring (bicyclic) bond motifs is 1. The molecule has 3 nitrogen and oxygen atoms in total. The number of halogens is 1. The molecule has 1 aromatic carbocycles. The van der Waals surface area contributed by atoms with Crippen LogP contribution in [0.5, 0.6) is 0 Å². The highest BCUT2D eigenvalue weighted by Gasteiger charge is 2.35. The van der Waals surface area contributed by atoms with Crippen LogP contribution in [0, 0.1) is 0 Å². The van der Waals surface area contributed by atoms with Gasteiger partial charge in [0.1, 0.15) is 0 Å². The lowest BCUT2D eigenvalue weighted by Gasteiger charge is -2.42. The molecule has 0 radical (unpaired) electrons. The van der Waals surface area contributed by atoms with Crippen LogP contribution in [-0.4, -0.2) is 47.9 Å². The van der Waals surface area contributed by atoms with Crippen molar-refractivity contribution < 1.29 is 4.79 Å². The minimum Gasteiger partial charge on any atom is -0.341 e. The molecule has 1 aliphatic heterocycles. The van der Waals surface area contributed by atoms with Crippen molar-refractivity contribution in [2.45, 2.75) is 76.8 Å². The molecule has 2 atom stereocenters. The molecule has 2 aromatic rings. The normalized spacial score (nSPS) is 22.6. The minimum absolute atomic E-state index is 0. The Kier molecular flexibility index (Phi) is 8.00. The quantitative estimate of drug-likeness (QED) is 0.583. The van der Waals surface area contributed by atoms with E-state index in [-0.39, 0.29) is 18.3 Å². The van der Waals surface area contributed by atoms with Gasteiger partial charge < -0.3 is 4.90 Å². The number of nitrogens with zero attached hydrogens (tertiary/aromatic N) is 2. The average Bonchev–Trinajstić information content (AvgIpc) is 3.41. The first-order valence-corrected chi connectivity index (χ1v) is 12.0. The van der Waals surface area contributed by atoms with Crippen molar-refractivity contribution in [2.75, 3.05) is 20.1 Å². The van der Waals surface area contributed by atoms with Crippen molar-refractivity contribution in [1.29, 1.82) is 0 Å². The van der Waals surface area contributed by atoms with E-state index < -0.39 is 0 Å². The Hall–Kier alpha value is -1.10. The Bertz CT molecular complexity index is 814. The minimum atomic E-state index is 0. The van der Waals surface area contributed by atoms with Crippen molar-refractivity contribution in [3.8, 4) is 0 Å². The van der Waals surface area contributed by atoms with E-state index in [1.54, 1.807) is 0 Å². The van der Waals surface area contributed by atoms with Crippen molar-refractivity contribution in [3.05, 3.63) is 34.7 Å². The first-order valence-electron chi connectivity index (χ1n) is 11.2. The highest BCUT2D eigenvalue weighted by atomic mass is 35.5. The average molecular weight is 435 g/mol. The van der Waals surface area contributed by atoms with Crippen LogP contribution in [0.2, 0.25) is 0 Å². The summed E-state index contributed by atoms with van der Waals surface area (Å²) < 4.78 is 1.38. The largest absolute Gasteiger partial charge is 0.341 e. The van der Waals surface area contributed by atoms with Crippen molar-refractivity contribution in [1.82, 2.24) is 9.80 Å². The van der Waals surface area contributed by atoms with Crippen molar-refractivity contribution in [3.63, 3.8) is 0 Å². The number of hydrogen-bond donors (Lipinski definition) is 0. The Morgan fingerprint density at radius 2 is 1.83 bits per heavy atom. The molecule has 1 saturated carbocycles. The van der Waals surface area contributed by atoms with Gasteiger partial charge in [0.25, 0.3) is 0 Å². The molecule has 2 heterocycles. The van der Waals surface area contributed by atoms with E-state index in [0.717, 1.165) is 19.3 Å². The Morgan fingerprint density at radius 1 is 1.10 bits per heavy atom. The van der Waals surface area contributed by atoms with E-state index in [1.807, 2.05) is 11.3 Å². The second-order valence-electron chi connectivity index (χ2n) is 8.64. The van der Waals surface area contributed by atoms with Gasteiger partial charge in [0.2, 0.25) is 5.91 Å². The summed E-state index contributed by atoms with van der Waals surface area (Å²) >= 11 is 1.82. The topological polar surface area (TPSA) is 23.6 Å². The number of carbonyl (C=O) groups excluding carboxylic acids is 1. The number of amides is 1. The van der Waals surface area contributed by atoms with Crippen molar-refractivity contribution in [2.24, 2.45) is 0 Å². The van der Waals surface area contributed by atoms with E-state index in [2.05, 4.69) is 47.4 Å². The summed E-state index contributed by atoms with van der Waals surface area (Å²) in [6, 6.07) is 7.61.